The monoisotopic (exact) mass is 325 g/mol. The van der Waals surface area contributed by atoms with E-state index in [4.69, 9.17) is 5.73 Å². The number of hydrogen-bond donors (Lipinski definition) is 2. The SMILES string of the molecule is CNC(=O)C1CCCCN1Cc1c(N)cccc1Br. The van der Waals surface area contributed by atoms with Crippen LogP contribution in [0.1, 0.15) is 24.8 Å². The van der Waals surface area contributed by atoms with Crippen molar-refractivity contribution < 1.29 is 4.79 Å². The minimum absolute atomic E-state index is 0.0368. The van der Waals surface area contributed by atoms with Gasteiger partial charge in [-0.05, 0) is 31.5 Å². The molecule has 1 atom stereocenters. The van der Waals surface area contributed by atoms with E-state index in [1.54, 1.807) is 7.05 Å². The summed E-state index contributed by atoms with van der Waals surface area (Å²) in [5.74, 6) is 0.102. The van der Waals surface area contributed by atoms with Gasteiger partial charge in [-0.1, -0.05) is 28.4 Å². The van der Waals surface area contributed by atoms with Gasteiger partial charge in [0.25, 0.3) is 0 Å². The Kier molecular flexibility index (Phi) is 4.82. The largest absolute Gasteiger partial charge is 0.398 e. The van der Waals surface area contributed by atoms with Crippen LogP contribution in [0, 0.1) is 0 Å². The smallest absolute Gasteiger partial charge is 0.237 e. The summed E-state index contributed by atoms with van der Waals surface area (Å²) in [6, 6.07) is 5.78. The molecule has 3 N–H and O–H groups in total. The first-order valence-electron chi connectivity index (χ1n) is 6.62. The molecule has 104 valence electrons. The summed E-state index contributed by atoms with van der Waals surface area (Å²) in [4.78, 5) is 14.2. The number of hydrogen-bond acceptors (Lipinski definition) is 3. The van der Waals surface area contributed by atoms with Gasteiger partial charge in [0.05, 0.1) is 6.04 Å². The first kappa shape index (κ1) is 14.3. The molecule has 0 aromatic heterocycles. The Hall–Kier alpha value is -1.07. The molecule has 19 heavy (non-hydrogen) atoms. The minimum Gasteiger partial charge on any atom is -0.398 e. The van der Waals surface area contributed by atoms with Crippen molar-refractivity contribution in [1.29, 1.82) is 0 Å². The van der Waals surface area contributed by atoms with E-state index in [0.29, 0.717) is 6.54 Å². The van der Waals surface area contributed by atoms with Gasteiger partial charge in [0.15, 0.2) is 0 Å². The van der Waals surface area contributed by atoms with Gasteiger partial charge in [-0.3, -0.25) is 9.69 Å². The second-order valence-electron chi connectivity index (χ2n) is 4.90. The highest BCUT2D eigenvalue weighted by Gasteiger charge is 2.28. The molecule has 1 fully saturated rings. The van der Waals surface area contributed by atoms with E-state index in [-0.39, 0.29) is 11.9 Å². The molecule has 1 aliphatic heterocycles. The van der Waals surface area contributed by atoms with Crippen molar-refractivity contribution in [3.05, 3.63) is 28.2 Å². The van der Waals surface area contributed by atoms with Gasteiger partial charge in [0, 0.05) is 29.3 Å². The number of likely N-dealkylation sites (N-methyl/N-ethyl adjacent to an activating group) is 1. The number of nitrogens with zero attached hydrogens (tertiary/aromatic N) is 1. The van der Waals surface area contributed by atoms with Crippen LogP contribution in [-0.4, -0.2) is 30.4 Å². The van der Waals surface area contributed by atoms with E-state index in [0.717, 1.165) is 41.5 Å². The summed E-state index contributed by atoms with van der Waals surface area (Å²) in [5.41, 5.74) is 7.88. The zero-order chi connectivity index (χ0) is 13.8. The van der Waals surface area contributed by atoms with Crippen molar-refractivity contribution >= 4 is 27.5 Å². The van der Waals surface area contributed by atoms with Crippen molar-refractivity contribution in [3.8, 4) is 0 Å². The molecule has 1 aromatic rings. The van der Waals surface area contributed by atoms with E-state index in [9.17, 15) is 4.79 Å². The molecule has 1 heterocycles. The van der Waals surface area contributed by atoms with E-state index in [1.807, 2.05) is 18.2 Å². The van der Waals surface area contributed by atoms with Crippen LogP contribution >= 0.6 is 15.9 Å². The van der Waals surface area contributed by atoms with Crippen molar-refractivity contribution in [2.24, 2.45) is 0 Å². The lowest BCUT2D eigenvalue weighted by Gasteiger charge is -2.34. The van der Waals surface area contributed by atoms with Crippen LogP contribution in [0.2, 0.25) is 0 Å². The molecule has 5 heteroatoms. The van der Waals surface area contributed by atoms with Crippen LogP contribution in [0.5, 0.6) is 0 Å². The van der Waals surface area contributed by atoms with Crippen LogP contribution in [0.4, 0.5) is 5.69 Å². The Bertz CT molecular complexity index is 444. The first-order chi connectivity index (χ1) is 9.13. The molecule has 1 aromatic carbocycles. The number of nitrogens with two attached hydrogens (primary N) is 1. The molecule has 1 amide bonds. The molecular weight excluding hydrogens is 306 g/mol. The zero-order valence-electron chi connectivity index (χ0n) is 11.2. The van der Waals surface area contributed by atoms with Crippen molar-refractivity contribution in [2.75, 3.05) is 19.3 Å². The number of carbonyl (C=O) groups excluding carboxylic acids is 1. The second-order valence-corrected chi connectivity index (χ2v) is 5.76. The summed E-state index contributed by atoms with van der Waals surface area (Å²) in [7, 11) is 1.70. The predicted octanol–water partition coefficient (Wildman–Crippen LogP) is 2.13. The Morgan fingerprint density at radius 3 is 3.00 bits per heavy atom. The minimum atomic E-state index is -0.0368. The molecule has 0 aliphatic carbocycles. The summed E-state index contributed by atoms with van der Waals surface area (Å²) in [6.45, 7) is 1.66. The highest BCUT2D eigenvalue weighted by atomic mass is 79.9. The second kappa shape index (κ2) is 6.39. The number of halogens is 1. The maximum absolute atomic E-state index is 11.9. The molecule has 0 spiro atoms. The third kappa shape index (κ3) is 3.28. The number of benzene rings is 1. The van der Waals surface area contributed by atoms with Gasteiger partial charge >= 0.3 is 0 Å². The molecule has 1 unspecified atom stereocenters. The summed E-state index contributed by atoms with van der Waals surface area (Å²) < 4.78 is 1.01. The topological polar surface area (TPSA) is 58.4 Å². The van der Waals surface area contributed by atoms with Gasteiger partial charge in [0.1, 0.15) is 0 Å². The standard InChI is InChI=1S/C14H20BrN3O/c1-17-14(19)13-7-2-3-8-18(13)9-10-11(15)5-4-6-12(10)16/h4-6,13H,2-3,7-9,16H2,1H3,(H,17,19). The number of carbonyl (C=O) groups is 1. The van der Waals surface area contributed by atoms with Crippen molar-refractivity contribution in [1.82, 2.24) is 10.2 Å². The van der Waals surface area contributed by atoms with Gasteiger partial charge in [0.2, 0.25) is 5.91 Å². The van der Waals surface area contributed by atoms with Crippen LogP contribution in [0.15, 0.2) is 22.7 Å². The number of nitrogens with one attached hydrogen (secondary N) is 1. The zero-order valence-corrected chi connectivity index (χ0v) is 12.7. The van der Waals surface area contributed by atoms with Crippen LogP contribution in [0.3, 0.4) is 0 Å². The quantitative estimate of drug-likeness (QED) is 0.837. The van der Waals surface area contributed by atoms with E-state index < -0.39 is 0 Å². The lowest BCUT2D eigenvalue weighted by Crippen LogP contribution is -2.48. The number of likely N-dealkylation sites (tertiary alicyclic amines) is 1. The highest BCUT2D eigenvalue weighted by Crippen LogP contribution is 2.27. The molecular formula is C14H20BrN3O. The molecule has 2 rings (SSSR count). The van der Waals surface area contributed by atoms with Crippen LogP contribution < -0.4 is 11.1 Å². The molecule has 4 nitrogen and oxygen atoms in total. The highest BCUT2D eigenvalue weighted by molar-refractivity contribution is 9.10. The van der Waals surface area contributed by atoms with Gasteiger partial charge < -0.3 is 11.1 Å². The average molecular weight is 326 g/mol. The van der Waals surface area contributed by atoms with E-state index >= 15 is 0 Å². The molecule has 0 bridgehead atoms. The lowest BCUT2D eigenvalue weighted by atomic mass is 10.00. The van der Waals surface area contributed by atoms with Gasteiger partial charge in [-0.15, -0.1) is 0 Å². The van der Waals surface area contributed by atoms with E-state index in [1.165, 1.54) is 0 Å². The fourth-order valence-electron chi connectivity index (χ4n) is 2.59. The maximum atomic E-state index is 11.9. The maximum Gasteiger partial charge on any atom is 0.237 e. The average Bonchev–Trinajstić information content (AvgIpc) is 2.42. The number of rotatable bonds is 3. The number of piperidine rings is 1. The van der Waals surface area contributed by atoms with Gasteiger partial charge in [-0.2, -0.15) is 0 Å². The van der Waals surface area contributed by atoms with Crippen molar-refractivity contribution in [2.45, 2.75) is 31.8 Å². The molecule has 1 aliphatic rings. The Morgan fingerprint density at radius 2 is 2.32 bits per heavy atom. The normalized spacial score (nSPS) is 20.2. The Morgan fingerprint density at radius 1 is 1.53 bits per heavy atom. The van der Waals surface area contributed by atoms with Crippen molar-refractivity contribution in [3.63, 3.8) is 0 Å². The first-order valence-corrected chi connectivity index (χ1v) is 7.41. The third-order valence-electron chi connectivity index (χ3n) is 3.68. The fraction of sp³-hybridized carbons (Fsp3) is 0.500. The lowest BCUT2D eigenvalue weighted by molar-refractivity contribution is -0.127. The number of amides is 1. The van der Waals surface area contributed by atoms with E-state index in [2.05, 4.69) is 26.1 Å². The molecule has 0 radical (unpaired) electrons. The third-order valence-corrected chi connectivity index (χ3v) is 4.42. The van der Waals surface area contributed by atoms with Crippen LogP contribution in [-0.2, 0) is 11.3 Å². The summed E-state index contributed by atoms with van der Waals surface area (Å²) >= 11 is 3.54. The Labute approximate surface area is 122 Å². The van der Waals surface area contributed by atoms with Gasteiger partial charge in [-0.25, -0.2) is 0 Å². The molecule has 1 saturated heterocycles. The predicted molar refractivity (Wildman–Crippen MR) is 80.7 cm³/mol. The fourth-order valence-corrected chi connectivity index (χ4v) is 3.10. The van der Waals surface area contributed by atoms with Crippen LogP contribution in [0.25, 0.3) is 0 Å². The number of anilines is 1. The number of nitrogen functional groups attached to an aromatic ring is 1. The Balaban J connectivity index is 2.18. The summed E-state index contributed by atoms with van der Waals surface area (Å²) in [6.07, 6.45) is 3.17. The summed E-state index contributed by atoms with van der Waals surface area (Å²) in [5, 5.41) is 2.76. The molecule has 0 saturated carbocycles.